The number of piperidine rings is 1. The summed E-state index contributed by atoms with van der Waals surface area (Å²) in [6, 6.07) is 21.6. The fourth-order valence-corrected chi connectivity index (χ4v) is 9.64. The summed E-state index contributed by atoms with van der Waals surface area (Å²) < 4.78 is 15.1. The second kappa shape index (κ2) is 22.6. The Morgan fingerprint density at radius 3 is 2.21 bits per heavy atom. The first kappa shape index (κ1) is 48.7. The predicted molar refractivity (Wildman–Crippen MR) is 265 cm³/mol. The number of likely N-dealkylation sites (tertiary alicyclic amines) is 1. The number of fused-ring (bicyclic) bond motifs is 1. The lowest BCUT2D eigenvalue weighted by molar-refractivity contribution is -0.134. The molecule has 4 amide bonds. The molecule has 3 aliphatic heterocycles. The number of amides is 4. The molecule has 3 aromatic heterocycles. The van der Waals surface area contributed by atoms with Crippen LogP contribution in [0.5, 0.6) is 0 Å². The van der Waals surface area contributed by atoms with E-state index in [-0.39, 0.29) is 47.6 Å². The third-order valence-corrected chi connectivity index (χ3v) is 13.7. The van der Waals surface area contributed by atoms with Crippen molar-refractivity contribution in [1.82, 2.24) is 59.9 Å². The van der Waals surface area contributed by atoms with E-state index in [4.69, 9.17) is 0 Å². The van der Waals surface area contributed by atoms with Gasteiger partial charge in [0.1, 0.15) is 24.3 Å². The van der Waals surface area contributed by atoms with Crippen LogP contribution < -0.4 is 16.2 Å². The number of benzene rings is 3. The summed E-state index contributed by atoms with van der Waals surface area (Å²) in [7, 11) is 0. The maximum atomic E-state index is 15.1. The summed E-state index contributed by atoms with van der Waals surface area (Å²) in [5, 5.41) is 14.0. The van der Waals surface area contributed by atoms with Gasteiger partial charge in [-0.3, -0.25) is 33.8 Å². The zero-order chi connectivity index (χ0) is 49.3. The van der Waals surface area contributed by atoms with Crippen LogP contribution in [0.15, 0.2) is 96.4 Å². The van der Waals surface area contributed by atoms with Gasteiger partial charge >= 0.3 is 0 Å². The normalized spacial score (nSPS) is 16.1. The van der Waals surface area contributed by atoms with Gasteiger partial charge in [-0.1, -0.05) is 55.5 Å². The third-order valence-electron chi connectivity index (χ3n) is 13.7. The number of carbonyl (C=O) groups excluding carboxylic acids is 4. The average molecular weight is 964 g/mol. The van der Waals surface area contributed by atoms with Crippen molar-refractivity contribution in [3.05, 3.63) is 142 Å². The molecule has 0 radical (unpaired) electrons. The fraction of sp³-hybridized carbons (Fsp3) is 0.385. The van der Waals surface area contributed by atoms with Crippen molar-refractivity contribution < 1.29 is 23.6 Å². The van der Waals surface area contributed by atoms with Crippen molar-refractivity contribution in [2.24, 2.45) is 5.92 Å². The quantitative estimate of drug-likeness (QED) is 0.135. The van der Waals surface area contributed by atoms with Crippen molar-refractivity contribution in [2.75, 3.05) is 90.4 Å². The highest BCUT2D eigenvalue weighted by molar-refractivity contribution is 6.03. The number of pyridine rings is 1. The maximum absolute atomic E-state index is 15.1. The Balaban J connectivity index is 0.721. The Kier molecular flexibility index (Phi) is 15.5. The van der Waals surface area contributed by atoms with Gasteiger partial charge < -0.3 is 25.3 Å². The highest BCUT2D eigenvalue weighted by Gasteiger charge is 2.31. The number of piperazine rings is 2. The minimum absolute atomic E-state index is 0.0223. The molecular formula is C52H58FN13O5. The number of nitrogens with zero attached hydrogens (tertiary/aromatic N) is 10. The van der Waals surface area contributed by atoms with Gasteiger partial charge in [-0.2, -0.15) is 5.10 Å². The molecule has 0 bridgehead atoms. The first-order chi connectivity index (χ1) is 34.6. The number of aromatic amines is 1. The summed E-state index contributed by atoms with van der Waals surface area (Å²) in [6.07, 6.45) is 7.58. The number of hydrogen-bond donors (Lipinski definition) is 3. The molecule has 3 aliphatic rings. The molecule has 368 valence electrons. The van der Waals surface area contributed by atoms with E-state index in [9.17, 15) is 24.0 Å². The number of carbonyl (C=O) groups is 4. The fourth-order valence-electron chi connectivity index (χ4n) is 9.64. The molecule has 19 heteroatoms. The molecule has 0 aliphatic carbocycles. The molecule has 3 aromatic carbocycles. The van der Waals surface area contributed by atoms with Crippen LogP contribution in [0.4, 0.5) is 10.1 Å². The Hall–Kier alpha value is -7.35. The van der Waals surface area contributed by atoms with Crippen molar-refractivity contribution >= 4 is 40.1 Å². The molecule has 3 saturated heterocycles. The van der Waals surface area contributed by atoms with Crippen LogP contribution in [0.25, 0.3) is 21.9 Å². The van der Waals surface area contributed by atoms with Crippen LogP contribution in [-0.4, -0.2) is 163 Å². The number of anilines is 1. The second-order valence-electron chi connectivity index (χ2n) is 18.4. The van der Waals surface area contributed by atoms with E-state index in [0.717, 1.165) is 50.0 Å². The number of H-pyrrole nitrogens is 1. The average Bonchev–Trinajstić information content (AvgIpc) is 3.40. The summed E-state index contributed by atoms with van der Waals surface area (Å²) in [5.41, 5.74) is 4.45. The molecule has 3 N–H and O–H groups in total. The van der Waals surface area contributed by atoms with Gasteiger partial charge in [0, 0.05) is 82.5 Å². The van der Waals surface area contributed by atoms with Crippen LogP contribution in [0.1, 0.15) is 63.3 Å². The van der Waals surface area contributed by atoms with Gasteiger partial charge in [0.05, 0.1) is 42.0 Å². The highest BCUT2D eigenvalue weighted by atomic mass is 19.1. The number of aryl methyl sites for hydroxylation is 1. The molecule has 18 nitrogen and oxygen atoms in total. The molecule has 9 rings (SSSR count). The number of hydrogen-bond acceptors (Lipinski definition) is 13. The summed E-state index contributed by atoms with van der Waals surface area (Å²) in [6.45, 7) is 9.02. The van der Waals surface area contributed by atoms with Gasteiger partial charge in [0.25, 0.3) is 17.4 Å². The van der Waals surface area contributed by atoms with Crippen LogP contribution >= 0.6 is 0 Å². The van der Waals surface area contributed by atoms with Gasteiger partial charge in [-0.25, -0.2) is 29.4 Å². The van der Waals surface area contributed by atoms with E-state index < -0.39 is 11.7 Å². The molecule has 71 heavy (non-hydrogen) atoms. The van der Waals surface area contributed by atoms with E-state index in [2.05, 4.69) is 69.6 Å². The minimum Gasteiger partial charge on any atom is -0.338 e. The van der Waals surface area contributed by atoms with E-state index in [1.807, 2.05) is 35.2 Å². The Morgan fingerprint density at radius 2 is 1.45 bits per heavy atom. The van der Waals surface area contributed by atoms with E-state index in [1.165, 1.54) is 24.3 Å². The SMILES string of the molecule is CCc1cccc(-c2cnc(C(=O)N3CCN(CC4CCN(CC(=O)N5CCN(C(=O)c6cc(Cc7n[nH]c(=O)c8ccccc78)ccc6F)CC5)CC4)CC3)c(NC(=O)CNCc3ncncn3)c2)c1. The molecule has 6 aromatic rings. The van der Waals surface area contributed by atoms with E-state index >= 15 is 4.39 Å². The van der Waals surface area contributed by atoms with Crippen molar-refractivity contribution in [1.29, 1.82) is 0 Å². The zero-order valence-electron chi connectivity index (χ0n) is 39.9. The monoisotopic (exact) mass is 963 g/mol. The van der Waals surface area contributed by atoms with E-state index in [1.54, 1.807) is 40.3 Å². The standard InChI is InChI=1S/C52H58FN13O5/c1-2-35-6-5-7-38(24-35)39-27-45(59-47(67)30-54-29-46-57-33-55-34-58-46)49(56-28-39)52(71)66-18-16-63(17-19-66)31-36-12-14-62(15-13-36)32-48(68)64-20-22-65(23-21-64)51(70)42-25-37(10-11-43(42)53)26-44-40-8-3-4-9-41(40)50(69)61-60-44/h3-11,24-25,27-28,33-34,36,54H,2,12-23,26,29-32H2,1H3,(H,59,67)(H,61,69). The summed E-state index contributed by atoms with van der Waals surface area (Å²) in [4.78, 5) is 93.1. The first-order valence-electron chi connectivity index (χ1n) is 24.3. The number of aromatic nitrogens is 6. The van der Waals surface area contributed by atoms with Crippen molar-refractivity contribution in [2.45, 2.75) is 39.2 Å². The largest absolute Gasteiger partial charge is 0.338 e. The Labute approximate surface area is 410 Å². The van der Waals surface area contributed by atoms with Gasteiger partial charge in [0.2, 0.25) is 11.8 Å². The maximum Gasteiger partial charge on any atom is 0.274 e. The van der Waals surface area contributed by atoms with Crippen molar-refractivity contribution in [3.8, 4) is 11.1 Å². The molecule has 0 atom stereocenters. The van der Waals surface area contributed by atoms with Crippen LogP contribution in [0.2, 0.25) is 0 Å². The molecular weight excluding hydrogens is 906 g/mol. The van der Waals surface area contributed by atoms with E-state index in [0.29, 0.717) is 105 Å². The topological polar surface area (TPSA) is 206 Å². The lowest BCUT2D eigenvalue weighted by Crippen LogP contribution is -2.53. The molecule has 0 unspecified atom stereocenters. The van der Waals surface area contributed by atoms with Crippen molar-refractivity contribution in [3.63, 3.8) is 0 Å². The Bertz CT molecular complexity index is 2930. The third kappa shape index (κ3) is 12.0. The molecule has 6 heterocycles. The van der Waals surface area contributed by atoms with Gasteiger partial charge in [0.15, 0.2) is 5.69 Å². The number of nitrogens with one attached hydrogen (secondary N) is 3. The van der Waals surface area contributed by atoms with Gasteiger partial charge in [-0.05, 0) is 79.2 Å². The molecule has 0 spiro atoms. The highest BCUT2D eigenvalue weighted by Crippen LogP contribution is 2.27. The minimum atomic E-state index is -0.613. The molecule has 3 fully saturated rings. The first-order valence-corrected chi connectivity index (χ1v) is 24.3. The Morgan fingerprint density at radius 1 is 0.732 bits per heavy atom. The van der Waals surface area contributed by atoms with Crippen LogP contribution in [0.3, 0.4) is 0 Å². The van der Waals surface area contributed by atoms with Gasteiger partial charge in [-0.15, -0.1) is 0 Å². The number of rotatable bonds is 15. The van der Waals surface area contributed by atoms with Crippen LogP contribution in [0, 0.1) is 11.7 Å². The lowest BCUT2D eigenvalue weighted by Gasteiger charge is -2.39. The lowest BCUT2D eigenvalue weighted by atomic mass is 9.96. The smallest absolute Gasteiger partial charge is 0.274 e. The second-order valence-corrected chi connectivity index (χ2v) is 18.4. The number of halogens is 1. The molecule has 0 saturated carbocycles. The summed E-state index contributed by atoms with van der Waals surface area (Å²) >= 11 is 0. The van der Waals surface area contributed by atoms with Crippen LogP contribution in [-0.2, 0) is 29.0 Å². The zero-order valence-corrected chi connectivity index (χ0v) is 39.9. The summed E-state index contributed by atoms with van der Waals surface area (Å²) in [5.74, 6) is -0.596. The predicted octanol–water partition coefficient (Wildman–Crippen LogP) is 3.65.